The maximum atomic E-state index is 6.20. The topological polar surface area (TPSA) is 16.4 Å². The second-order valence-corrected chi connectivity index (χ2v) is 13.8. The van der Waals surface area contributed by atoms with E-state index in [1.165, 1.54) is 43.8 Å². The quantitative estimate of drug-likeness (QED) is 0.155. The summed E-state index contributed by atoms with van der Waals surface area (Å²) in [5, 5.41) is 6.19. The van der Waals surface area contributed by atoms with Gasteiger partial charge in [-0.05, 0) is 116 Å². The van der Waals surface area contributed by atoms with Crippen LogP contribution in [0.25, 0.3) is 77.2 Å². The Morgan fingerprint density at radius 3 is 1.57 bits per heavy atom. The number of benzene rings is 9. The lowest BCUT2D eigenvalue weighted by Crippen LogP contribution is -2.10. The monoisotopic (exact) mass is 689 g/mol. The van der Waals surface area contributed by atoms with E-state index in [9.17, 15) is 0 Å². The van der Waals surface area contributed by atoms with Gasteiger partial charge in [-0.3, -0.25) is 0 Å². The molecular weight excluding hydrogens is 655 g/mol. The Morgan fingerprint density at radius 1 is 0.278 bits per heavy atom. The molecule has 10 rings (SSSR count). The van der Waals surface area contributed by atoms with Crippen LogP contribution in [0.15, 0.2) is 217 Å². The number of hydrogen-bond acceptors (Lipinski definition) is 2. The van der Waals surface area contributed by atoms with E-state index in [2.05, 4.69) is 199 Å². The molecule has 2 heteroatoms. The van der Waals surface area contributed by atoms with E-state index in [0.29, 0.717) is 0 Å². The predicted molar refractivity (Wildman–Crippen MR) is 228 cm³/mol. The molecule has 0 aliphatic carbocycles. The molecule has 254 valence electrons. The van der Waals surface area contributed by atoms with Crippen molar-refractivity contribution in [1.82, 2.24) is 0 Å². The first-order chi connectivity index (χ1) is 26.7. The van der Waals surface area contributed by atoms with Crippen LogP contribution in [0.2, 0.25) is 0 Å². The Hall–Kier alpha value is -7.16. The van der Waals surface area contributed by atoms with E-state index < -0.39 is 0 Å². The number of anilines is 3. The molecule has 54 heavy (non-hydrogen) atoms. The average molecular weight is 690 g/mol. The minimum absolute atomic E-state index is 0.875. The summed E-state index contributed by atoms with van der Waals surface area (Å²) in [6, 6.07) is 75.9. The number of para-hydroxylation sites is 1. The number of hydrogen-bond donors (Lipinski definition) is 0. The summed E-state index contributed by atoms with van der Waals surface area (Å²) < 4.78 is 6.20. The zero-order valence-electron chi connectivity index (χ0n) is 29.6. The van der Waals surface area contributed by atoms with Crippen LogP contribution >= 0.6 is 0 Å². The van der Waals surface area contributed by atoms with Crippen LogP contribution in [0, 0.1) is 0 Å². The molecular formula is C52H35NO. The molecule has 0 saturated heterocycles. The van der Waals surface area contributed by atoms with Crippen LogP contribution in [0.1, 0.15) is 0 Å². The number of furan rings is 1. The predicted octanol–water partition coefficient (Wildman–Crippen LogP) is 14.9. The first kappa shape index (κ1) is 31.6. The highest BCUT2D eigenvalue weighted by molar-refractivity contribution is 6.08. The third-order valence-corrected chi connectivity index (χ3v) is 10.4. The second kappa shape index (κ2) is 13.4. The van der Waals surface area contributed by atoms with E-state index in [-0.39, 0.29) is 0 Å². The molecule has 0 radical (unpaired) electrons. The molecule has 9 aromatic carbocycles. The van der Waals surface area contributed by atoms with Gasteiger partial charge in [0.2, 0.25) is 0 Å². The van der Waals surface area contributed by atoms with Crippen molar-refractivity contribution in [3.05, 3.63) is 212 Å². The molecule has 0 amide bonds. The Morgan fingerprint density at radius 2 is 0.815 bits per heavy atom. The minimum atomic E-state index is 0.875. The largest absolute Gasteiger partial charge is 0.456 e. The summed E-state index contributed by atoms with van der Waals surface area (Å²) in [6.07, 6.45) is 0. The molecule has 0 atom stereocenters. The summed E-state index contributed by atoms with van der Waals surface area (Å²) in [7, 11) is 0. The second-order valence-electron chi connectivity index (χ2n) is 13.8. The van der Waals surface area contributed by atoms with E-state index in [1.807, 2.05) is 18.2 Å². The van der Waals surface area contributed by atoms with Crippen LogP contribution < -0.4 is 4.90 Å². The van der Waals surface area contributed by atoms with Crippen molar-refractivity contribution in [3.8, 4) is 44.7 Å². The SMILES string of the molecule is c1ccc(-c2cccc(N(c3ccc(-c4cccc(-c5cc6ccccc6o5)c4)cc3)c3ccc(-c4ccc5c(ccc6ccccc65)c4)cc3)c2)cc1. The molecule has 1 heterocycles. The van der Waals surface area contributed by atoms with Gasteiger partial charge >= 0.3 is 0 Å². The van der Waals surface area contributed by atoms with Crippen molar-refractivity contribution in [1.29, 1.82) is 0 Å². The van der Waals surface area contributed by atoms with Crippen LogP contribution in [-0.4, -0.2) is 0 Å². The lowest BCUT2D eigenvalue weighted by atomic mass is 9.97. The van der Waals surface area contributed by atoms with Gasteiger partial charge in [0.25, 0.3) is 0 Å². The summed E-state index contributed by atoms with van der Waals surface area (Å²) in [5.74, 6) is 0.875. The fourth-order valence-corrected chi connectivity index (χ4v) is 7.68. The van der Waals surface area contributed by atoms with Crippen molar-refractivity contribution < 1.29 is 4.42 Å². The fraction of sp³-hybridized carbons (Fsp3) is 0. The third kappa shape index (κ3) is 5.90. The number of fused-ring (bicyclic) bond motifs is 4. The molecule has 0 N–H and O–H groups in total. The fourth-order valence-electron chi connectivity index (χ4n) is 7.68. The summed E-state index contributed by atoms with van der Waals surface area (Å²) in [4.78, 5) is 2.34. The maximum Gasteiger partial charge on any atom is 0.135 e. The molecule has 0 aliphatic heterocycles. The van der Waals surface area contributed by atoms with Crippen LogP contribution in [0.4, 0.5) is 17.1 Å². The van der Waals surface area contributed by atoms with E-state index in [0.717, 1.165) is 50.5 Å². The molecule has 0 saturated carbocycles. The van der Waals surface area contributed by atoms with Crippen molar-refractivity contribution >= 4 is 49.6 Å². The van der Waals surface area contributed by atoms with Gasteiger partial charge in [-0.1, -0.05) is 152 Å². The van der Waals surface area contributed by atoms with Gasteiger partial charge in [0.05, 0.1) is 0 Å². The van der Waals surface area contributed by atoms with E-state index >= 15 is 0 Å². The highest BCUT2D eigenvalue weighted by Gasteiger charge is 2.15. The van der Waals surface area contributed by atoms with Crippen molar-refractivity contribution in [2.24, 2.45) is 0 Å². The molecule has 0 bridgehead atoms. The van der Waals surface area contributed by atoms with E-state index in [4.69, 9.17) is 4.42 Å². The molecule has 0 unspecified atom stereocenters. The average Bonchev–Trinajstić information content (AvgIpc) is 3.69. The standard InChI is InChI=1S/C52H35NO/c1-2-10-36(11-3-1)41-15-9-17-48(34-41)53(47-29-24-38(25-30-47)42-26-31-50-43(32-42)21-20-39-12-4-6-18-49(39)50)46-27-22-37(23-28-46)40-14-8-16-44(33-40)52-35-45-13-5-7-19-51(45)54-52/h1-35H. The smallest absolute Gasteiger partial charge is 0.135 e. The highest BCUT2D eigenvalue weighted by Crippen LogP contribution is 2.39. The molecule has 2 nitrogen and oxygen atoms in total. The third-order valence-electron chi connectivity index (χ3n) is 10.4. The Kier molecular flexibility index (Phi) is 7.85. The lowest BCUT2D eigenvalue weighted by molar-refractivity contribution is 0.631. The van der Waals surface area contributed by atoms with E-state index in [1.54, 1.807) is 0 Å². The van der Waals surface area contributed by atoms with Crippen LogP contribution in [0.3, 0.4) is 0 Å². The summed E-state index contributed by atoms with van der Waals surface area (Å²) in [5.41, 5.74) is 12.3. The first-order valence-corrected chi connectivity index (χ1v) is 18.4. The Balaban J connectivity index is 1.01. The summed E-state index contributed by atoms with van der Waals surface area (Å²) >= 11 is 0. The molecule has 0 fully saturated rings. The summed E-state index contributed by atoms with van der Waals surface area (Å²) in [6.45, 7) is 0. The molecule has 10 aromatic rings. The zero-order chi connectivity index (χ0) is 35.8. The number of rotatable bonds is 7. The van der Waals surface area contributed by atoms with Gasteiger partial charge < -0.3 is 9.32 Å². The number of nitrogens with zero attached hydrogens (tertiary/aromatic N) is 1. The van der Waals surface area contributed by atoms with Crippen LogP contribution in [-0.2, 0) is 0 Å². The highest BCUT2D eigenvalue weighted by atomic mass is 16.3. The van der Waals surface area contributed by atoms with Gasteiger partial charge in [-0.15, -0.1) is 0 Å². The van der Waals surface area contributed by atoms with Crippen LogP contribution in [0.5, 0.6) is 0 Å². The van der Waals surface area contributed by atoms with Gasteiger partial charge in [0.1, 0.15) is 11.3 Å². The van der Waals surface area contributed by atoms with Gasteiger partial charge in [-0.25, -0.2) is 0 Å². The van der Waals surface area contributed by atoms with Crippen molar-refractivity contribution in [2.45, 2.75) is 0 Å². The minimum Gasteiger partial charge on any atom is -0.456 e. The van der Waals surface area contributed by atoms with Gasteiger partial charge in [0.15, 0.2) is 0 Å². The van der Waals surface area contributed by atoms with Gasteiger partial charge in [-0.2, -0.15) is 0 Å². The molecule has 0 spiro atoms. The first-order valence-electron chi connectivity index (χ1n) is 18.4. The Bertz CT molecular complexity index is 2890. The zero-order valence-corrected chi connectivity index (χ0v) is 29.6. The molecule has 1 aromatic heterocycles. The normalized spacial score (nSPS) is 11.3. The lowest BCUT2D eigenvalue weighted by Gasteiger charge is -2.26. The van der Waals surface area contributed by atoms with Crippen molar-refractivity contribution in [3.63, 3.8) is 0 Å². The van der Waals surface area contributed by atoms with Gasteiger partial charge in [0, 0.05) is 28.0 Å². The molecule has 0 aliphatic rings. The van der Waals surface area contributed by atoms with Crippen molar-refractivity contribution in [2.75, 3.05) is 4.90 Å². The maximum absolute atomic E-state index is 6.20. The Labute approximate surface area is 314 Å².